The summed E-state index contributed by atoms with van der Waals surface area (Å²) in [5, 5.41) is 0. The maximum absolute atomic E-state index is 12.1. The molecule has 1 saturated heterocycles. The Labute approximate surface area is 110 Å². The summed E-state index contributed by atoms with van der Waals surface area (Å²) in [6, 6.07) is 0.152. The Hall–Kier alpha value is 0.160. The summed E-state index contributed by atoms with van der Waals surface area (Å²) in [4.78, 5) is 2.23. The molecule has 4 nitrogen and oxygen atoms in total. The maximum atomic E-state index is 12.1. The second kappa shape index (κ2) is 6.36. The topological polar surface area (TPSA) is 40.6 Å². The van der Waals surface area contributed by atoms with Gasteiger partial charge in [-0.3, -0.25) is 0 Å². The smallest absolute Gasteiger partial charge is 0.214 e. The quantitative estimate of drug-likeness (QED) is 0.712. The van der Waals surface area contributed by atoms with Crippen molar-refractivity contribution in [3.8, 4) is 0 Å². The second-order valence-corrected chi connectivity index (χ2v) is 7.47. The molecule has 1 unspecified atom stereocenters. The highest BCUT2D eigenvalue weighted by atomic mass is 35.5. The molecule has 1 atom stereocenters. The van der Waals surface area contributed by atoms with E-state index >= 15 is 0 Å². The first-order valence-electron chi connectivity index (χ1n) is 6.07. The van der Waals surface area contributed by atoms with Crippen molar-refractivity contribution in [1.29, 1.82) is 0 Å². The molecule has 1 rings (SSSR count). The Balaban J connectivity index is 2.59. The van der Waals surface area contributed by atoms with E-state index in [0.29, 0.717) is 5.88 Å². The van der Waals surface area contributed by atoms with Gasteiger partial charge in [-0.15, -0.1) is 11.6 Å². The predicted molar refractivity (Wildman–Crippen MR) is 72.0 cm³/mol. The van der Waals surface area contributed by atoms with Crippen molar-refractivity contribution in [2.75, 3.05) is 38.8 Å². The molecule has 0 aromatic carbocycles. The first-order chi connectivity index (χ1) is 7.86. The third-order valence-corrected chi connectivity index (χ3v) is 6.09. The highest BCUT2D eigenvalue weighted by Gasteiger charge is 2.29. The van der Waals surface area contributed by atoms with Crippen LogP contribution in [-0.4, -0.2) is 62.5 Å². The van der Waals surface area contributed by atoms with Crippen LogP contribution in [0.2, 0.25) is 0 Å². The van der Waals surface area contributed by atoms with Crippen molar-refractivity contribution in [3.05, 3.63) is 0 Å². The van der Waals surface area contributed by atoms with Gasteiger partial charge in [-0.25, -0.2) is 12.7 Å². The zero-order valence-corrected chi connectivity index (χ0v) is 12.5. The van der Waals surface area contributed by atoms with Gasteiger partial charge in [0.1, 0.15) is 0 Å². The molecule has 17 heavy (non-hydrogen) atoms. The largest absolute Gasteiger partial charge is 0.306 e. The number of alkyl halides is 1. The lowest BCUT2D eigenvalue weighted by molar-refractivity contribution is 0.197. The summed E-state index contributed by atoms with van der Waals surface area (Å²) in [7, 11) is 0.612. The summed E-state index contributed by atoms with van der Waals surface area (Å²) in [6.45, 7) is 3.80. The summed E-state index contributed by atoms with van der Waals surface area (Å²) >= 11 is 5.68. The third kappa shape index (κ3) is 4.39. The van der Waals surface area contributed by atoms with Crippen molar-refractivity contribution in [2.24, 2.45) is 5.92 Å². The minimum Gasteiger partial charge on any atom is -0.306 e. The van der Waals surface area contributed by atoms with E-state index in [2.05, 4.69) is 11.9 Å². The van der Waals surface area contributed by atoms with Gasteiger partial charge in [-0.1, -0.05) is 6.92 Å². The number of piperidine rings is 1. The van der Waals surface area contributed by atoms with Crippen LogP contribution < -0.4 is 0 Å². The zero-order chi connectivity index (χ0) is 13.1. The monoisotopic (exact) mass is 282 g/mol. The molecule has 0 radical (unpaired) electrons. The lowest BCUT2D eigenvalue weighted by Crippen LogP contribution is -2.45. The molecule has 0 bridgehead atoms. The number of sulfonamides is 1. The molecule has 0 aromatic rings. The molecule has 6 heteroatoms. The van der Waals surface area contributed by atoms with Gasteiger partial charge in [-0.05, 0) is 38.9 Å². The second-order valence-electron chi connectivity index (χ2n) is 5.09. The van der Waals surface area contributed by atoms with Crippen LogP contribution in [0.15, 0.2) is 0 Å². The molecule has 0 aromatic heterocycles. The summed E-state index contributed by atoms with van der Waals surface area (Å²) in [5.74, 6) is 0.551. The van der Waals surface area contributed by atoms with Crippen molar-refractivity contribution < 1.29 is 8.42 Å². The molecular formula is C11H23ClN2O2S. The molecule has 0 amide bonds. The van der Waals surface area contributed by atoms with Crippen LogP contribution in [0.5, 0.6) is 0 Å². The molecule has 1 fully saturated rings. The van der Waals surface area contributed by atoms with E-state index in [4.69, 9.17) is 11.6 Å². The molecule has 1 aliphatic rings. The Morgan fingerprint density at radius 1 is 1.41 bits per heavy atom. The van der Waals surface area contributed by atoms with Crippen LogP contribution in [-0.2, 0) is 10.0 Å². The zero-order valence-electron chi connectivity index (χ0n) is 10.9. The normalized spacial score (nSPS) is 21.9. The van der Waals surface area contributed by atoms with Crippen molar-refractivity contribution in [3.63, 3.8) is 0 Å². The molecule has 0 spiro atoms. The van der Waals surface area contributed by atoms with Crippen LogP contribution in [0.25, 0.3) is 0 Å². The molecule has 0 N–H and O–H groups in total. The number of likely N-dealkylation sites (tertiary alicyclic amines) is 1. The number of nitrogens with zero attached hydrogens (tertiary/aromatic N) is 2. The molecule has 0 saturated carbocycles. The lowest BCUT2D eigenvalue weighted by Gasteiger charge is -2.34. The number of hydrogen-bond acceptors (Lipinski definition) is 3. The van der Waals surface area contributed by atoms with E-state index in [-0.39, 0.29) is 17.7 Å². The summed E-state index contributed by atoms with van der Waals surface area (Å²) in [6.07, 6.45) is 1.84. The Morgan fingerprint density at radius 3 is 2.41 bits per heavy atom. The molecule has 1 aliphatic heterocycles. The summed E-state index contributed by atoms with van der Waals surface area (Å²) < 4.78 is 25.8. The molecule has 102 valence electrons. The number of halogens is 1. The Kier molecular flexibility index (Phi) is 5.70. The van der Waals surface area contributed by atoms with E-state index in [1.54, 1.807) is 11.4 Å². The van der Waals surface area contributed by atoms with Gasteiger partial charge in [-0.2, -0.15) is 0 Å². The Morgan fingerprint density at radius 2 is 1.94 bits per heavy atom. The highest BCUT2D eigenvalue weighted by molar-refractivity contribution is 7.89. The fraction of sp³-hybridized carbons (Fsp3) is 1.00. The van der Waals surface area contributed by atoms with E-state index in [1.807, 2.05) is 6.92 Å². The van der Waals surface area contributed by atoms with Crippen LogP contribution in [0.4, 0.5) is 0 Å². The lowest BCUT2D eigenvalue weighted by atomic mass is 10.1. The number of rotatable bonds is 5. The SMILES string of the molecule is CC(CCl)CS(=O)(=O)N(C)C1CCN(C)CC1. The van der Waals surface area contributed by atoms with Gasteiger partial charge in [0.15, 0.2) is 0 Å². The maximum Gasteiger partial charge on any atom is 0.214 e. The predicted octanol–water partition coefficient (Wildman–Crippen LogP) is 1.22. The number of hydrogen-bond donors (Lipinski definition) is 0. The molecular weight excluding hydrogens is 260 g/mol. The van der Waals surface area contributed by atoms with Gasteiger partial charge in [0, 0.05) is 19.0 Å². The van der Waals surface area contributed by atoms with Gasteiger partial charge in [0.2, 0.25) is 10.0 Å². The average molecular weight is 283 g/mol. The fourth-order valence-electron chi connectivity index (χ4n) is 2.11. The van der Waals surface area contributed by atoms with E-state index in [9.17, 15) is 8.42 Å². The van der Waals surface area contributed by atoms with E-state index < -0.39 is 10.0 Å². The minimum atomic E-state index is -3.16. The highest BCUT2D eigenvalue weighted by Crippen LogP contribution is 2.18. The standard InChI is InChI=1S/C11H23ClN2O2S/c1-10(8-12)9-17(15,16)14(3)11-4-6-13(2)7-5-11/h10-11H,4-9H2,1-3H3. The van der Waals surface area contributed by atoms with Crippen LogP contribution >= 0.6 is 11.6 Å². The van der Waals surface area contributed by atoms with Gasteiger partial charge in [0.05, 0.1) is 5.75 Å². The van der Waals surface area contributed by atoms with Crippen LogP contribution in [0, 0.1) is 5.92 Å². The summed E-state index contributed by atoms with van der Waals surface area (Å²) in [5.41, 5.74) is 0. The van der Waals surface area contributed by atoms with Gasteiger partial charge >= 0.3 is 0 Å². The fourth-order valence-corrected chi connectivity index (χ4v) is 4.08. The minimum absolute atomic E-state index is 0.00961. The first kappa shape index (κ1) is 15.2. The van der Waals surface area contributed by atoms with Crippen molar-refractivity contribution in [2.45, 2.75) is 25.8 Å². The molecule has 0 aliphatic carbocycles. The van der Waals surface area contributed by atoms with Crippen molar-refractivity contribution >= 4 is 21.6 Å². The van der Waals surface area contributed by atoms with Gasteiger partial charge < -0.3 is 4.90 Å². The molecule has 1 heterocycles. The van der Waals surface area contributed by atoms with Crippen LogP contribution in [0.1, 0.15) is 19.8 Å². The van der Waals surface area contributed by atoms with Crippen LogP contribution in [0.3, 0.4) is 0 Å². The first-order valence-corrected chi connectivity index (χ1v) is 8.21. The van der Waals surface area contributed by atoms with E-state index in [1.165, 1.54) is 0 Å². The Bertz CT molecular complexity index is 326. The van der Waals surface area contributed by atoms with Crippen molar-refractivity contribution in [1.82, 2.24) is 9.21 Å². The van der Waals surface area contributed by atoms with Gasteiger partial charge in [0.25, 0.3) is 0 Å². The third-order valence-electron chi connectivity index (χ3n) is 3.40. The van der Waals surface area contributed by atoms with E-state index in [0.717, 1.165) is 25.9 Å². The average Bonchev–Trinajstić information content (AvgIpc) is 2.28.